The average Bonchev–Trinajstić information content (AvgIpc) is 2.32. The van der Waals surface area contributed by atoms with Crippen molar-refractivity contribution in [3.05, 3.63) is 62.5 Å². The van der Waals surface area contributed by atoms with Crippen LogP contribution in [0.1, 0.15) is 15.9 Å². The number of nitrogens with zero attached hydrogens (tertiary/aromatic N) is 1. The van der Waals surface area contributed by atoms with Gasteiger partial charge < -0.3 is 0 Å². The van der Waals surface area contributed by atoms with Crippen molar-refractivity contribution in [1.29, 1.82) is 0 Å². The first-order valence-corrected chi connectivity index (χ1v) is 6.72. The number of Topliss-reactive ketones (excluding diaryl/α,β-unsaturated/α-hetero) is 1. The lowest BCUT2D eigenvalue weighted by molar-refractivity contribution is 0.0989. The molecule has 0 radical (unpaired) electrons. The number of aromatic nitrogens is 1. The second kappa shape index (κ2) is 5.71. The predicted molar refractivity (Wildman–Crippen MR) is 74.1 cm³/mol. The van der Waals surface area contributed by atoms with E-state index in [1.165, 1.54) is 12.1 Å². The number of rotatable bonds is 3. The van der Waals surface area contributed by atoms with Crippen LogP contribution in [0.5, 0.6) is 0 Å². The third kappa shape index (κ3) is 3.23. The van der Waals surface area contributed by atoms with Crippen LogP contribution in [0.15, 0.2) is 45.6 Å². The molecule has 92 valence electrons. The summed E-state index contributed by atoms with van der Waals surface area (Å²) < 4.78 is 15.0. The fraction of sp³-hybridized carbons (Fsp3) is 0.0769. The van der Waals surface area contributed by atoms with E-state index >= 15 is 0 Å². The highest BCUT2D eigenvalue weighted by atomic mass is 79.9. The van der Waals surface area contributed by atoms with E-state index < -0.39 is 5.82 Å². The Morgan fingerprint density at radius 1 is 1.17 bits per heavy atom. The summed E-state index contributed by atoms with van der Waals surface area (Å²) in [5.74, 6) is -0.778. The molecule has 0 spiro atoms. The Kier molecular flexibility index (Phi) is 4.24. The molecule has 0 unspecified atom stereocenters. The Balaban J connectivity index is 2.24. The number of carbonyl (C=O) groups is 1. The van der Waals surface area contributed by atoms with Crippen molar-refractivity contribution in [1.82, 2.24) is 4.98 Å². The average molecular weight is 373 g/mol. The molecule has 0 saturated heterocycles. The van der Waals surface area contributed by atoms with Gasteiger partial charge in [-0.3, -0.25) is 9.78 Å². The van der Waals surface area contributed by atoms with Crippen molar-refractivity contribution in [3.63, 3.8) is 0 Å². The van der Waals surface area contributed by atoms with E-state index in [1.54, 1.807) is 24.5 Å². The summed E-state index contributed by atoms with van der Waals surface area (Å²) in [5.41, 5.74) is 0.832. The number of pyridine rings is 1. The fourth-order valence-electron chi connectivity index (χ4n) is 1.54. The van der Waals surface area contributed by atoms with Gasteiger partial charge in [-0.05, 0) is 45.8 Å². The first kappa shape index (κ1) is 13.4. The number of benzene rings is 1. The van der Waals surface area contributed by atoms with Crippen LogP contribution >= 0.6 is 31.9 Å². The zero-order valence-corrected chi connectivity index (χ0v) is 12.3. The van der Waals surface area contributed by atoms with Gasteiger partial charge in [-0.25, -0.2) is 4.39 Å². The van der Waals surface area contributed by atoms with Gasteiger partial charge in [-0.2, -0.15) is 0 Å². The summed E-state index contributed by atoms with van der Waals surface area (Å²) in [6, 6.07) is 6.12. The molecule has 0 saturated carbocycles. The molecular formula is C13H8Br2FNO. The predicted octanol–water partition coefficient (Wildman–Crippen LogP) is 4.17. The van der Waals surface area contributed by atoms with Crippen molar-refractivity contribution in [2.75, 3.05) is 0 Å². The van der Waals surface area contributed by atoms with Gasteiger partial charge in [-0.1, -0.05) is 15.9 Å². The minimum Gasteiger partial charge on any atom is -0.294 e. The Hall–Kier alpha value is -1.07. The Bertz CT molecular complexity index is 601. The first-order valence-electron chi connectivity index (χ1n) is 5.14. The van der Waals surface area contributed by atoms with Crippen molar-refractivity contribution >= 4 is 37.6 Å². The molecular weight excluding hydrogens is 365 g/mol. The quantitative estimate of drug-likeness (QED) is 0.757. The standard InChI is InChI=1S/C13H8Br2FNO/c14-9-1-2-12(16)11(5-9)13(18)4-8-3-10(15)7-17-6-8/h1-3,5-7H,4H2. The van der Waals surface area contributed by atoms with Crippen molar-refractivity contribution in [2.45, 2.75) is 6.42 Å². The van der Waals surface area contributed by atoms with Gasteiger partial charge in [0.1, 0.15) is 5.82 Å². The lowest BCUT2D eigenvalue weighted by atomic mass is 10.0. The summed E-state index contributed by atoms with van der Waals surface area (Å²) in [6.07, 6.45) is 3.35. The van der Waals surface area contributed by atoms with Crippen LogP contribution in [-0.4, -0.2) is 10.8 Å². The highest BCUT2D eigenvalue weighted by molar-refractivity contribution is 9.10. The fourth-order valence-corrected chi connectivity index (χ4v) is 2.32. The third-order valence-corrected chi connectivity index (χ3v) is 3.28. The van der Waals surface area contributed by atoms with Crippen LogP contribution in [0.2, 0.25) is 0 Å². The minimum atomic E-state index is -0.508. The van der Waals surface area contributed by atoms with E-state index in [-0.39, 0.29) is 17.8 Å². The molecule has 1 aromatic heterocycles. The molecule has 18 heavy (non-hydrogen) atoms. The molecule has 0 N–H and O–H groups in total. The zero-order chi connectivity index (χ0) is 13.1. The summed E-state index contributed by atoms with van der Waals surface area (Å²) >= 11 is 6.50. The smallest absolute Gasteiger partial charge is 0.170 e. The maximum absolute atomic E-state index is 13.5. The molecule has 1 aromatic carbocycles. The lowest BCUT2D eigenvalue weighted by Gasteiger charge is -2.04. The molecule has 2 rings (SSSR count). The van der Waals surface area contributed by atoms with E-state index in [4.69, 9.17) is 0 Å². The lowest BCUT2D eigenvalue weighted by Crippen LogP contribution is -2.06. The molecule has 2 nitrogen and oxygen atoms in total. The molecule has 5 heteroatoms. The zero-order valence-electron chi connectivity index (χ0n) is 9.16. The minimum absolute atomic E-state index is 0.0874. The monoisotopic (exact) mass is 371 g/mol. The van der Waals surface area contributed by atoms with E-state index in [9.17, 15) is 9.18 Å². The molecule has 0 fully saturated rings. The molecule has 0 bridgehead atoms. The number of ketones is 1. The third-order valence-electron chi connectivity index (χ3n) is 2.36. The van der Waals surface area contributed by atoms with Gasteiger partial charge >= 0.3 is 0 Å². The van der Waals surface area contributed by atoms with Crippen molar-refractivity contribution < 1.29 is 9.18 Å². The maximum Gasteiger partial charge on any atom is 0.170 e. The molecule has 0 aliphatic carbocycles. The van der Waals surface area contributed by atoms with Crippen molar-refractivity contribution in [2.24, 2.45) is 0 Å². The maximum atomic E-state index is 13.5. The van der Waals surface area contributed by atoms with Gasteiger partial charge in [0.2, 0.25) is 0 Å². The highest BCUT2D eigenvalue weighted by Gasteiger charge is 2.13. The van der Waals surface area contributed by atoms with E-state index in [0.29, 0.717) is 4.47 Å². The van der Waals surface area contributed by atoms with Crippen LogP contribution in [0.4, 0.5) is 4.39 Å². The summed E-state index contributed by atoms with van der Waals surface area (Å²) in [7, 11) is 0. The van der Waals surface area contributed by atoms with Crippen LogP contribution in [0, 0.1) is 5.82 Å². The number of carbonyl (C=O) groups excluding carboxylic acids is 1. The van der Waals surface area contributed by atoms with Crippen LogP contribution in [0.3, 0.4) is 0 Å². The second-order valence-corrected chi connectivity index (χ2v) is 5.57. The van der Waals surface area contributed by atoms with Crippen LogP contribution in [0.25, 0.3) is 0 Å². The van der Waals surface area contributed by atoms with Gasteiger partial charge in [0, 0.05) is 27.8 Å². The Morgan fingerprint density at radius 2 is 1.94 bits per heavy atom. The number of hydrogen-bond acceptors (Lipinski definition) is 2. The summed E-state index contributed by atoms with van der Waals surface area (Å²) in [6.45, 7) is 0. The second-order valence-electron chi connectivity index (χ2n) is 3.74. The Morgan fingerprint density at radius 3 is 2.67 bits per heavy atom. The Labute approximate surface area is 121 Å². The number of halogens is 3. The molecule has 0 aliphatic heterocycles. The molecule has 0 amide bonds. The summed E-state index contributed by atoms with van der Waals surface area (Å²) in [5, 5.41) is 0. The topological polar surface area (TPSA) is 30.0 Å². The molecule has 0 aliphatic rings. The molecule has 2 aromatic rings. The van der Waals surface area contributed by atoms with Gasteiger partial charge in [0.15, 0.2) is 5.78 Å². The van der Waals surface area contributed by atoms with Gasteiger partial charge in [0.05, 0.1) is 5.56 Å². The van der Waals surface area contributed by atoms with E-state index in [0.717, 1.165) is 10.0 Å². The molecule has 0 atom stereocenters. The van der Waals surface area contributed by atoms with Crippen LogP contribution < -0.4 is 0 Å². The van der Waals surface area contributed by atoms with Gasteiger partial charge in [0.25, 0.3) is 0 Å². The normalized spacial score (nSPS) is 10.4. The van der Waals surface area contributed by atoms with E-state index in [1.807, 2.05) is 0 Å². The molecule has 1 heterocycles. The number of hydrogen-bond donors (Lipinski definition) is 0. The van der Waals surface area contributed by atoms with Gasteiger partial charge in [-0.15, -0.1) is 0 Å². The van der Waals surface area contributed by atoms with Crippen molar-refractivity contribution in [3.8, 4) is 0 Å². The first-order chi connectivity index (χ1) is 8.56. The summed E-state index contributed by atoms with van der Waals surface area (Å²) in [4.78, 5) is 16.0. The van der Waals surface area contributed by atoms with E-state index in [2.05, 4.69) is 36.8 Å². The highest BCUT2D eigenvalue weighted by Crippen LogP contribution is 2.18. The SMILES string of the molecule is O=C(Cc1cncc(Br)c1)c1cc(Br)ccc1F. The largest absolute Gasteiger partial charge is 0.294 e. The van der Waals surface area contributed by atoms with Crippen LogP contribution in [-0.2, 0) is 6.42 Å².